The van der Waals surface area contributed by atoms with E-state index in [0.29, 0.717) is 39.1 Å². The highest BCUT2D eigenvalue weighted by Crippen LogP contribution is 2.38. The van der Waals surface area contributed by atoms with E-state index in [4.69, 9.17) is 5.73 Å². The van der Waals surface area contributed by atoms with Crippen LogP contribution in [-0.2, 0) is 11.2 Å². The lowest BCUT2D eigenvalue weighted by Gasteiger charge is -2.39. The van der Waals surface area contributed by atoms with Gasteiger partial charge in [-0.25, -0.2) is 0 Å². The van der Waals surface area contributed by atoms with Crippen LogP contribution < -0.4 is 5.73 Å². The third-order valence-electron chi connectivity index (χ3n) is 6.40. The van der Waals surface area contributed by atoms with Gasteiger partial charge >= 0.3 is 0 Å². The molecule has 2 amide bonds. The van der Waals surface area contributed by atoms with Crippen molar-refractivity contribution < 1.29 is 9.59 Å². The smallest absolute Gasteiger partial charge is 0.253 e. The Labute approximate surface area is 175 Å². The second-order valence-corrected chi connectivity index (χ2v) is 8.17. The fourth-order valence-corrected chi connectivity index (χ4v) is 4.41. The van der Waals surface area contributed by atoms with E-state index in [1.54, 1.807) is 0 Å². The average Bonchev–Trinajstić information content (AvgIpc) is 2.74. The van der Waals surface area contributed by atoms with Crippen molar-refractivity contribution in [2.75, 3.05) is 32.7 Å². The van der Waals surface area contributed by atoms with Crippen LogP contribution in [0.4, 0.5) is 0 Å². The van der Waals surface area contributed by atoms with E-state index in [1.807, 2.05) is 34.1 Å². The molecule has 6 heteroatoms. The summed E-state index contributed by atoms with van der Waals surface area (Å²) >= 11 is 0. The summed E-state index contributed by atoms with van der Waals surface area (Å²) < 4.78 is 0. The molecule has 1 aliphatic heterocycles. The zero-order valence-electron chi connectivity index (χ0n) is 17.0. The predicted octanol–water partition coefficient (Wildman–Crippen LogP) is 3.25. The number of rotatable bonds is 5. The summed E-state index contributed by atoms with van der Waals surface area (Å²) in [5, 5.41) is 0. The molecule has 0 radical (unpaired) electrons. The Bertz CT molecular complexity index is 648. The second kappa shape index (κ2) is 10.3. The summed E-state index contributed by atoms with van der Waals surface area (Å²) in [5.41, 5.74) is 8.01. The lowest BCUT2D eigenvalue weighted by atomic mass is 9.71. The van der Waals surface area contributed by atoms with Gasteiger partial charge in [-0.05, 0) is 48.9 Å². The highest BCUT2D eigenvalue weighted by molar-refractivity contribution is 5.94. The number of hydrogen-bond acceptors (Lipinski definition) is 3. The molecule has 1 saturated heterocycles. The highest BCUT2D eigenvalue weighted by Gasteiger charge is 2.35. The Morgan fingerprint density at radius 3 is 2.07 bits per heavy atom. The predicted molar refractivity (Wildman–Crippen MR) is 115 cm³/mol. The van der Waals surface area contributed by atoms with Gasteiger partial charge in [-0.15, -0.1) is 12.4 Å². The standard InChI is InChI=1S/C22H33N3O2.ClH/c1-2-18-6-8-19(9-7-18)21(27)25-14-12-24(13-15-25)20(26)16-22(17-23)10-4-3-5-11-22;/h6-9H,2-5,10-17,23H2,1H3;1H. The van der Waals surface area contributed by atoms with Crippen LogP contribution in [0, 0.1) is 5.41 Å². The van der Waals surface area contributed by atoms with E-state index < -0.39 is 0 Å². The van der Waals surface area contributed by atoms with Crippen LogP contribution in [0.5, 0.6) is 0 Å². The summed E-state index contributed by atoms with van der Waals surface area (Å²) in [6, 6.07) is 7.85. The molecule has 0 spiro atoms. The Morgan fingerprint density at radius 2 is 1.54 bits per heavy atom. The van der Waals surface area contributed by atoms with Crippen LogP contribution in [0.3, 0.4) is 0 Å². The molecule has 5 nitrogen and oxygen atoms in total. The van der Waals surface area contributed by atoms with Crippen LogP contribution in [-0.4, -0.2) is 54.3 Å². The number of benzene rings is 1. The highest BCUT2D eigenvalue weighted by atomic mass is 35.5. The van der Waals surface area contributed by atoms with Crippen LogP contribution in [0.2, 0.25) is 0 Å². The molecule has 1 aliphatic carbocycles. The third-order valence-corrected chi connectivity index (χ3v) is 6.40. The van der Waals surface area contributed by atoms with E-state index >= 15 is 0 Å². The summed E-state index contributed by atoms with van der Waals surface area (Å²) in [6.45, 7) is 5.17. The minimum Gasteiger partial charge on any atom is -0.339 e. The van der Waals surface area contributed by atoms with E-state index in [-0.39, 0.29) is 29.6 Å². The van der Waals surface area contributed by atoms with Crippen molar-refractivity contribution in [3.05, 3.63) is 35.4 Å². The normalized spacial score (nSPS) is 19.1. The molecular weight excluding hydrogens is 374 g/mol. The molecule has 0 bridgehead atoms. The number of amides is 2. The first-order valence-corrected chi connectivity index (χ1v) is 10.4. The molecule has 2 N–H and O–H groups in total. The Balaban J connectivity index is 0.00000280. The zero-order valence-corrected chi connectivity index (χ0v) is 17.8. The summed E-state index contributed by atoms with van der Waals surface area (Å²) in [6.07, 6.45) is 7.31. The van der Waals surface area contributed by atoms with Gasteiger partial charge in [-0.3, -0.25) is 9.59 Å². The van der Waals surface area contributed by atoms with Gasteiger partial charge in [0.2, 0.25) is 5.91 Å². The van der Waals surface area contributed by atoms with E-state index in [1.165, 1.54) is 24.8 Å². The van der Waals surface area contributed by atoms with Crippen LogP contribution in [0.15, 0.2) is 24.3 Å². The second-order valence-electron chi connectivity index (χ2n) is 8.17. The van der Waals surface area contributed by atoms with Crippen molar-refractivity contribution in [3.8, 4) is 0 Å². The maximum absolute atomic E-state index is 12.8. The third kappa shape index (κ3) is 5.26. The van der Waals surface area contributed by atoms with Crippen molar-refractivity contribution in [1.29, 1.82) is 0 Å². The minimum absolute atomic E-state index is 0. The van der Waals surface area contributed by atoms with Gasteiger partial charge in [0.25, 0.3) is 5.91 Å². The van der Waals surface area contributed by atoms with Gasteiger partial charge in [0.05, 0.1) is 0 Å². The number of carbonyl (C=O) groups is 2. The topological polar surface area (TPSA) is 66.6 Å². The SMILES string of the molecule is CCc1ccc(C(=O)N2CCN(C(=O)CC3(CN)CCCCC3)CC2)cc1.Cl. The van der Waals surface area contributed by atoms with Gasteiger partial charge in [0.1, 0.15) is 0 Å². The van der Waals surface area contributed by atoms with Crippen LogP contribution in [0.25, 0.3) is 0 Å². The molecule has 1 aromatic rings. The number of nitrogens with zero attached hydrogens (tertiary/aromatic N) is 2. The van der Waals surface area contributed by atoms with E-state index in [2.05, 4.69) is 6.92 Å². The monoisotopic (exact) mass is 407 g/mol. The largest absolute Gasteiger partial charge is 0.339 e. The number of halogens is 1. The Kier molecular flexibility index (Phi) is 8.32. The summed E-state index contributed by atoms with van der Waals surface area (Å²) in [4.78, 5) is 29.3. The quantitative estimate of drug-likeness (QED) is 0.814. The van der Waals surface area contributed by atoms with Gasteiger partial charge in [0.15, 0.2) is 0 Å². The molecule has 156 valence electrons. The minimum atomic E-state index is 0. The van der Waals surface area contributed by atoms with Gasteiger partial charge in [-0.1, -0.05) is 38.3 Å². The molecule has 0 unspecified atom stereocenters. The molecular formula is C22H34ClN3O2. The first-order valence-electron chi connectivity index (χ1n) is 10.4. The maximum atomic E-state index is 12.8. The molecule has 2 fully saturated rings. The Morgan fingerprint density at radius 1 is 0.964 bits per heavy atom. The molecule has 1 aromatic carbocycles. The molecule has 3 rings (SSSR count). The van der Waals surface area contributed by atoms with Crippen molar-refractivity contribution >= 4 is 24.2 Å². The number of nitrogens with two attached hydrogens (primary N) is 1. The summed E-state index contributed by atoms with van der Waals surface area (Å²) in [7, 11) is 0. The lowest BCUT2D eigenvalue weighted by Crippen LogP contribution is -2.51. The van der Waals surface area contributed by atoms with Gasteiger partial charge in [-0.2, -0.15) is 0 Å². The molecule has 1 heterocycles. The molecule has 28 heavy (non-hydrogen) atoms. The lowest BCUT2D eigenvalue weighted by molar-refractivity contribution is -0.135. The Hall–Kier alpha value is -1.59. The number of carbonyl (C=O) groups excluding carboxylic acids is 2. The van der Waals surface area contributed by atoms with Crippen LogP contribution >= 0.6 is 12.4 Å². The number of piperazine rings is 1. The molecule has 0 atom stereocenters. The first kappa shape index (κ1) is 22.7. The average molecular weight is 408 g/mol. The van der Waals surface area contributed by atoms with E-state index in [0.717, 1.165) is 24.8 Å². The van der Waals surface area contributed by atoms with Gasteiger partial charge < -0.3 is 15.5 Å². The van der Waals surface area contributed by atoms with Crippen molar-refractivity contribution in [3.63, 3.8) is 0 Å². The van der Waals surface area contributed by atoms with Gasteiger partial charge in [0, 0.05) is 38.2 Å². The first-order chi connectivity index (χ1) is 13.1. The maximum Gasteiger partial charge on any atom is 0.253 e. The van der Waals surface area contributed by atoms with E-state index in [9.17, 15) is 9.59 Å². The zero-order chi connectivity index (χ0) is 19.3. The summed E-state index contributed by atoms with van der Waals surface area (Å²) in [5.74, 6) is 0.275. The van der Waals surface area contributed by atoms with Crippen LogP contribution in [0.1, 0.15) is 61.4 Å². The van der Waals surface area contributed by atoms with Crippen molar-refractivity contribution in [2.45, 2.75) is 51.9 Å². The fraction of sp³-hybridized carbons (Fsp3) is 0.636. The number of aryl methyl sites for hydroxylation is 1. The molecule has 2 aliphatic rings. The fourth-order valence-electron chi connectivity index (χ4n) is 4.41. The molecule has 0 aromatic heterocycles. The van der Waals surface area contributed by atoms with Crippen molar-refractivity contribution in [1.82, 2.24) is 9.80 Å². The van der Waals surface area contributed by atoms with Crippen molar-refractivity contribution in [2.24, 2.45) is 11.1 Å². The molecule has 1 saturated carbocycles. The number of hydrogen-bond donors (Lipinski definition) is 1.